The standard InChI is InChI=1S/C26H40N2O6/c1-5-9-11-15-27(14-7-3)23(31)21-26-13-12-25(8-4,34-26)20(24(32)33-18-10-6-2)19(26)22(30)28(21)16-17-29/h6-7,19-21,29H,2-3,5,8-18H2,1,4H3/t19-,20-,21?,25+,26?/m0/s1. The SMILES string of the molecule is C=CCCOC(=O)[C@@H]1[C@H]2C(=O)N(CCO)C(C(=O)N(CC=C)CCCCC)C23CC[C@@]1(CC)O3. The molecule has 3 heterocycles. The fraction of sp³-hybridized carbons (Fsp3) is 0.731. The van der Waals surface area contributed by atoms with Crippen LogP contribution in [0.3, 0.4) is 0 Å². The van der Waals surface area contributed by atoms with Gasteiger partial charge in [0.15, 0.2) is 0 Å². The molecule has 3 aliphatic heterocycles. The van der Waals surface area contributed by atoms with Crippen LogP contribution in [0.15, 0.2) is 25.3 Å². The molecule has 1 spiro atoms. The first kappa shape index (κ1) is 26.4. The first-order valence-corrected chi connectivity index (χ1v) is 12.7. The van der Waals surface area contributed by atoms with E-state index in [9.17, 15) is 19.5 Å². The molecule has 2 unspecified atom stereocenters. The molecular formula is C26H40N2O6. The van der Waals surface area contributed by atoms with E-state index < -0.39 is 35.0 Å². The van der Waals surface area contributed by atoms with E-state index in [2.05, 4.69) is 20.1 Å². The summed E-state index contributed by atoms with van der Waals surface area (Å²) in [5.41, 5.74) is -1.91. The molecule has 2 amide bonds. The second kappa shape index (κ2) is 11.0. The molecule has 190 valence electrons. The molecule has 3 fully saturated rings. The number of aliphatic hydroxyl groups excluding tert-OH is 1. The molecule has 0 aromatic heterocycles. The summed E-state index contributed by atoms with van der Waals surface area (Å²) in [6, 6.07) is -0.877. The lowest BCUT2D eigenvalue weighted by molar-refractivity contribution is -0.162. The Kier molecular flexibility index (Phi) is 8.57. The van der Waals surface area contributed by atoms with Crippen LogP contribution in [0.2, 0.25) is 0 Å². The van der Waals surface area contributed by atoms with Crippen molar-refractivity contribution >= 4 is 17.8 Å². The van der Waals surface area contributed by atoms with E-state index in [1.807, 2.05) is 6.92 Å². The van der Waals surface area contributed by atoms with Crippen LogP contribution in [-0.4, -0.2) is 82.8 Å². The summed E-state index contributed by atoms with van der Waals surface area (Å²) >= 11 is 0. The van der Waals surface area contributed by atoms with Crippen molar-refractivity contribution in [2.24, 2.45) is 11.8 Å². The van der Waals surface area contributed by atoms with Crippen molar-refractivity contribution in [2.45, 2.75) is 76.0 Å². The topological polar surface area (TPSA) is 96.4 Å². The largest absolute Gasteiger partial charge is 0.465 e. The molecule has 0 radical (unpaired) electrons. The summed E-state index contributed by atoms with van der Waals surface area (Å²) in [5, 5.41) is 9.73. The van der Waals surface area contributed by atoms with Crippen LogP contribution in [0.5, 0.6) is 0 Å². The number of rotatable bonds is 14. The van der Waals surface area contributed by atoms with Crippen molar-refractivity contribution in [3.63, 3.8) is 0 Å². The van der Waals surface area contributed by atoms with Gasteiger partial charge in [-0.3, -0.25) is 14.4 Å². The van der Waals surface area contributed by atoms with Crippen LogP contribution >= 0.6 is 0 Å². The second-order valence-electron chi connectivity index (χ2n) is 9.61. The highest BCUT2D eigenvalue weighted by molar-refractivity contribution is 5.98. The van der Waals surface area contributed by atoms with Gasteiger partial charge in [-0.05, 0) is 32.1 Å². The first-order valence-electron chi connectivity index (χ1n) is 12.7. The van der Waals surface area contributed by atoms with E-state index in [-0.39, 0.29) is 31.6 Å². The Labute approximate surface area is 202 Å². The number of carbonyl (C=O) groups excluding carboxylic acids is 3. The van der Waals surface area contributed by atoms with Gasteiger partial charge >= 0.3 is 5.97 Å². The average molecular weight is 477 g/mol. The summed E-state index contributed by atoms with van der Waals surface area (Å²) in [4.78, 5) is 44.1. The molecule has 5 atom stereocenters. The molecule has 3 aliphatic rings. The Morgan fingerprint density at radius 3 is 2.65 bits per heavy atom. The fourth-order valence-electron chi connectivity index (χ4n) is 6.21. The molecule has 0 aromatic carbocycles. The number of aliphatic hydroxyl groups is 1. The third-order valence-electron chi connectivity index (χ3n) is 7.77. The lowest BCUT2D eigenvalue weighted by Crippen LogP contribution is -2.56. The van der Waals surface area contributed by atoms with E-state index in [1.165, 1.54) is 4.90 Å². The zero-order valence-electron chi connectivity index (χ0n) is 20.7. The number of hydrogen-bond acceptors (Lipinski definition) is 6. The van der Waals surface area contributed by atoms with Crippen molar-refractivity contribution in [1.82, 2.24) is 9.80 Å². The lowest BCUT2D eigenvalue weighted by Gasteiger charge is -2.36. The van der Waals surface area contributed by atoms with Crippen molar-refractivity contribution in [2.75, 3.05) is 32.8 Å². The van der Waals surface area contributed by atoms with Gasteiger partial charge in [0, 0.05) is 19.6 Å². The summed E-state index contributed by atoms with van der Waals surface area (Å²) in [6.07, 6.45) is 8.41. The Morgan fingerprint density at radius 2 is 2.03 bits per heavy atom. The van der Waals surface area contributed by atoms with Crippen LogP contribution in [0, 0.1) is 11.8 Å². The van der Waals surface area contributed by atoms with Crippen LogP contribution < -0.4 is 0 Å². The number of unbranched alkanes of at least 4 members (excludes halogenated alkanes) is 2. The maximum atomic E-state index is 14.0. The van der Waals surface area contributed by atoms with Crippen molar-refractivity contribution in [1.29, 1.82) is 0 Å². The van der Waals surface area contributed by atoms with Gasteiger partial charge in [-0.2, -0.15) is 0 Å². The van der Waals surface area contributed by atoms with Gasteiger partial charge in [0.05, 0.1) is 24.7 Å². The third-order valence-corrected chi connectivity index (χ3v) is 7.77. The molecule has 2 bridgehead atoms. The van der Waals surface area contributed by atoms with Crippen molar-refractivity contribution < 1.29 is 29.0 Å². The van der Waals surface area contributed by atoms with Gasteiger partial charge in [0.1, 0.15) is 17.6 Å². The predicted octanol–water partition coefficient (Wildman–Crippen LogP) is 2.46. The van der Waals surface area contributed by atoms with E-state index in [0.717, 1.165) is 19.3 Å². The Balaban J connectivity index is 1.99. The van der Waals surface area contributed by atoms with Crippen molar-refractivity contribution in [3.8, 4) is 0 Å². The number of likely N-dealkylation sites (tertiary alicyclic amines) is 1. The molecule has 3 saturated heterocycles. The quantitative estimate of drug-likeness (QED) is 0.235. The zero-order valence-corrected chi connectivity index (χ0v) is 20.7. The van der Waals surface area contributed by atoms with Gasteiger partial charge in [0.2, 0.25) is 11.8 Å². The fourth-order valence-corrected chi connectivity index (χ4v) is 6.21. The lowest BCUT2D eigenvalue weighted by atomic mass is 9.65. The van der Waals surface area contributed by atoms with E-state index in [0.29, 0.717) is 38.8 Å². The minimum absolute atomic E-state index is 0.0189. The zero-order chi connectivity index (χ0) is 24.9. The van der Waals surface area contributed by atoms with E-state index in [1.54, 1.807) is 17.1 Å². The molecular weight excluding hydrogens is 436 g/mol. The molecule has 0 aromatic rings. The van der Waals surface area contributed by atoms with Crippen LogP contribution in [0.25, 0.3) is 0 Å². The predicted molar refractivity (Wildman–Crippen MR) is 128 cm³/mol. The van der Waals surface area contributed by atoms with Crippen molar-refractivity contribution in [3.05, 3.63) is 25.3 Å². The summed E-state index contributed by atoms with van der Waals surface area (Å²) in [6.45, 7) is 12.4. The smallest absolute Gasteiger partial charge is 0.312 e. The molecule has 3 rings (SSSR count). The second-order valence-corrected chi connectivity index (χ2v) is 9.61. The van der Waals surface area contributed by atoms with Crippen LogP contribution in [0.4, 0.5) is 0 Å². The maximum absolute atomic E-state index is 14.0. The Bertz CT molecular complexity index is 800. The Morgan fingerprint density at radius 1 is 1.26 bits per heavy atom. The summed E-state index contributed by atoms with van der Waals surface area (Å²) < 4.78 is 12.2. The number of nitrogens with zero attached hydrogens (tertiary/aromatic N) is 2. The molecule has 1 N–H and O–H groups in total. The summed E-state index contributed by atoms with van der Waals surface area (Å²) in [5.74, 6) is -2.52. The van der Waals surface area contributed by atoms with Gasteiger partial charge in [-0.15, -0.1) is 13.2 Å². The minimum Gasteiger partial charge on any atom is -0.465 e. The number of amides is 2. The van der Waals surface area contributed by atoms with Crippen LogP contribution in [-0.2, 0) is 23.9 Å². The molecule has 8 nitrogen and oxygen atoms in total. The molecule has 8 heteroatoms. The highest BCUT2D eigenvalue weighted by Gasteiger charge is 2.79. The number of hydrogen-bond donors (Lipinski definition) is 1. The minimum atomic E-state index is -1.09. The van der Waals surface area contributed by atoms with Gasteiger partial charge in [-0.1, -0.05) is 38.8 Å². The molecule has 34 heavy (non-hydrogen) atoms. The highest BCUT2D eigenvalue weighted by Crippen LogP contribution is 2.64. The van der Waals surface area contributed by atoms with Crippen LogP contribution in [0.1, 0.15) is 58.8 Å². The van der Waals surface area contributed by atoms with Gasteiger partial charge < -0.3 is 24.4 Å². The van der Waals surface area contributed by atoms with Gasteiger partial charge in [0.25, 0.3) is 0 Å². The number of β-amino-alcohol motifs (C(OH)–C–C–N with tert-alkyl or cyclic N) is 1. The number of esters is 1. The number of fused-ring (bicyclic) bond motifs is 1. The summed E-state index contributed by atoms with van der Waals surface area (Å²) in [7, 11) is 0. The average Bonchev–Trinajstić information content (AvgIpc) is 3.42. The monoisotopic (exact) mass is 476 g/mol. The molecule has 0 saturated carbocycles. The molecule has 0 aliphatic carbocycles. The van der Waals surface area contributed by atoms with Gasteiger partial charge in [-0.25, -0.2) is 0 Å². The normalized spacial score (nSPS) is 31.4. The third kappa shape index (κ3) is 4.31. The number of ether oxygens (including phenoxy) is 2. The first-order chi connectivity index (χ1) is 16.4. The Hall–Kier alpha value is -2.19. The maximum Gasteiger partial charge on any atom is 0.312 e. The number of carbonyl (C=O) groups is 3. The van der Waals surface area contributed by atoms with E-state index >= 15 is 0 Å². The van der Waals surface area contributed by atoms with E-state index in [4.69, 9.17) is 9.47 Å². The highest BCUT2D eigenvalue weighted by atomic mass is 16.6.